The average Bonchev–Trinajstić information content (AvgIpc) is 2.91. The van der Waals surface area contributed by atoms with Crippen molar-refractivity contribution in [2.75, 3.05) is 7.05 Å². The van der Waals surface area contributed by atoms with Gasteiger partial charge in [-0.1, -0.05) is 12.1 Å². The lowest BCUT2D eigenvalue weighted by Crippen LogP contribution is -2.35. The number of halogens is 4. The normalized spacial score (nSPS) is 12.4. The number of amides is 1. The van der Waals surface area contributed by atoms with Crippen LogP contribution in [0.15, 0.2) is 36.7 Å². The fourth-order valence-electron chi connectivity index (χ4n) is 2.19. The molecule has 0 aliphatic rings. The Balaban J connectivity index is 0.00000288. The first-order valence-corrected chi connectivity index (χ1v) is 6.91. The molecular formula is C15H18ClF3N4O. The minimum atomic E-state index is -4.40. The van der Waals surface area contributed by atoms with Crippen LogP contribution < -0.4 is 10.6 Å². The quantitative estimate of drug-likeness (QED) is 0.859. The maximum atomic E-state index is 12.7. The highest BCUT2D eigenvalue weighted by Gasteiger charge is 2.30. The van der Waals surface area contributed by atoms with Crippen molar-refractivity contribution in [3.63, 3.8) is 0 Å². The van der Waals surface area contributed by atoms with Gasteiger partial charge in [0.15, 0.2) is 0 Å². The second-order valence-electron chi connectivity index (χ2n) is 5.08. The lowest BCUT2D eigenvalue weighted by Gasteiger charge is -2.15. The van der Waals surface area contributed by atoms with Gasteiger partial charge in [-0.05, 0) is 24.7 Å². The van der Waals surface area contributed by atoms with Crippen molar-refractivity contribution in [2.45, 2.75) is 18.8 Å². The summed E-state index contributed by atoms with van der Waals surface area (Å²) in [6, 6.07) is 4.26. The van der Waals surface area contributed by atoms with Gasteiger partial charge >= 0.3 is 6.18 Å². The van der Waals surface area contributed by atoms with Crippen LogP contribution in [-0.4, -0.2) is 22.7 Å². The molecule has 1 heterocycles. The summed E-state index contributed by atoms with van der Waals surface area (Å²) in [4.78, 5) is 12.2. The van der Waals surface area contributed by atoms with E-state index in [4.69, 9.17) is 0 Å². The molecule has 0 saturated heterocycles. The molecule has 2 N–H and O–H groups in total. The number of carbonyl (C=O) groups excluding carboxylic acids is 1. The van der Waals surface area contributed by atoms with Crippen LogP contribution in [0.25, 0.3) is 0 Å². The Morgan fingerprint density at radius 2 is 2.08 bits per heavy atom. The van der Waals surface area contributed by atoms with Crippen LogP contribution in [0.1, 0.15) is 22.7 Å². The van der Waals surface area contributed by atoms with E-state index in [0.717, 1.165) is 12.1 Å². The summed E-state index contributed by atoms with van der Waals surface area (Å²) in [5.41, 5.74) is 0.326. The maximum absolute atomic E-state index is 12.7. The van der Waals surface area contributed by atoms with E-state index in [-0.39, 0.29) is 24.9 Å². The number of alkyl halides is 3. The van der Waals surface area contributed by atoms with Crippen LogP contribution in [0, 0.1) is 0 Å². The van der Waals surface area contributed by atoms with Gasteiger partial charge in [-0.2, -0.15) is 18.3 Å². The summed E-state index contributed by atoms with van der Waals surface area (Å²) < 4.78 is 39.6. The number of nitrogens with zero attached hydrogens (tertiary/aromatic N) is 2. The number of carbonyl (C=O) groups is 1. The van der Waals surface area contributed by atoms with Crippen LogP contribution in [0.5, 0.6) is 0 Å². The minimum Gasteiger partial charge on any atom is -0.350 e. The Morgan fingerprint density at radius 3 is 2.62 bits per heavy atom. The summed E-state index contributed by atoms with van der Waals surface area (Å²) in [6.07, 6.45) is -1.14. The Morgan fingerprint density at radius 1 is 1.38 bits per heavy atom. The highest BCUT2D eigenvalue weighted by Crippen LogP contribution is 2.29. The zero-order valence-electron chi connectivity index (χ0n) is 13.1. The van der Waals surface area contributed by atoms with E-state index in [0.29, 0.717) is 11.1 Å². The third-order valence-corrected chi connectivity index (χ3v) is 3.33. The Hall–Kier alpha value is -2.06. The molecule has 24 heavy (non-hydrogen) atoms. The van der Waals surface area contributed by atoms with Crippen LogP contribution >= 0.6 is 12.4 Å². The molecular weight excluding hydrogens is 345 g/mol. The minimum absolute atomic E-state index is 0. The average molecular weight is 363 g/mol. The fraction of sp³-hybridized carbons (Fsp3) is 0.333. The van der Waals surface area contributed by atoms with Crippen molar-refractivity contribution in [3.05, 3.63) is 53.3 Å². The third kappa shape index (κ3) is 4.97. The van der Waals surface area contributed by atoms with Gasteiger partial charge in [-0.15, -0.1) is 12.4 Å². The second kappa shape index (κ2) is 8.16. The summed E-state index contributed by atoms with van der Waals surface area (Å²) in [5, 5.41) is 9.48. The van der Waals surface area contributed by atoms with Gasteiger partial charge in [0, 0.05) is 25.4 Å². The number of hydrogen-bond donors (Lipinski definition) is 2. The molecule has 0 spiro atoms. The molecule has 132 valence electrons. The third-order valence-electron chi connectivity index (χ3n) is 3.33. The first-order valence-electron chi connectivity index (χ1n) is 6.91. The molecule has 1 aromatic carbocycles. The van der Waals surface area contributed by atoms with Crippen LogP contribution in [0.2, 0.25) is 0 Å². The van der Waals surface area contributed by atoms with Gasteiger partial charge in [0.2, 0.25) is 5.91 Å². The summed E-state index contributed by atoms with van der Waals surface area (Å²) in [5.74, 6) is -0.335. The van der Waals surface area contributed by atoms with Crippen molar-refractivity contribution in [1.29, 1.82) is 0 Å². The van der Waals surface area contributed by atoms with Crippen molar-refractivity contribution < 1.29 is 18.0 Å². The highest BCUT2D eigenvalue weighted by molar-refractivity contribution is 5.85. The zero-order chi connectivity index (χ0) is 17.0. The van der Waals surface area contributed by atoms with Crippen LogP contribution in [-0.2, 0) is 24.6 Å². The van der Waals surface area contributed by atoms with Crippen LogP contribution in [0.4, 0.5) is 13.2 Å². The lowest BCUT2D eigenvalue weighted by molar-refractivity contribution is -0.137. The number of aryl methyl sites for hydroxylation is 1. The van der Waals surface area contributed by atoms with Crippen molar-refractivity contribution in [1.82, 2.24) is 20.4 Å². The molecule has 2 rings (SSSR count). The summed E-state index contributed by atoms with van der Waals surface area (Å²) in [7, 11) is 3.36. The molecule has 0 aliphatic heterocycles. The van der Waals surface area contributed by atoms with E-state index in [2.05, 4.69) is 15.7 Å². The van der Waals surface area contributed by atoms with Gasteiger partial charge in [-0.25, -0.2) is 0 Å². The first kappa shape index (κ1) is 20.0. The van der Waals surface area contributed by atoms with E-state index in [1.807, 2.05) is 0 Å². The topological polar surface area (TPSA) is 59.0 Å². The Kier molecular flexibility index (Phi) is 6.80. The second-order valence-corrected chi connectivity index (χ2v) is 5.08. The first-order chi connectivity index (χ1) is 10.8. The summed E-state index contributed by atoms with van der Waals surface area (Å²) >= 11 is 0. The fourth-order valence-corrected chi connectivity index (χ4v) is 2.19. The van der Waals surface area contributed by atoms with E-state index in [1.165, 1.54) is 12.1 Å². The van der Waals surface area contributed by atoms with Gasteiger partial charge in [0.05, 0.1) is 11.8 Å². The van der Waals surface area contributed by atoms with Gasteiger partial charge < -0.3 is 10.6 Å². The number of benzene rings is 1. The van der Waals surface area contributed by atoms with Crippen molar-refractivity contribution >= 4 is 18.3 Å². The highest BCUT2D eigenvalue weighted by atomic mass is 35.5. The van der Waals surface area contributed by atoms with E-state index < -0.39 is 17.8 Å². The molecule has 1 amide bonds. The monoisotopic (exact) mass is 362 g/mol. The zero-order valence-corrected chi connectivity index (χ0v) is 13.9. The maximum Gasteiger partial charge on any atom is 0.416 e. The van der Waals surface area contributed by atoms with Crippen molar-refractivity contribution in [3.8, 4) is 0 Å². The number of nitrogens with one attached hydrogen (secondary N) is 2. The van der Waals surface area contributed by atoms with E-state index in [1.54, 1.807) is 31.2 Å². The molecule has 1 unspecified atom stereocenters. The number of rotatable bonds is 5. The molecule has 2 aromatic rings. The molecule has 0 aliphatic carbocycles. The molecule has 0 saturated carbocycles. The molecule has 0 radical (unpaired) electrons. The largest absolute Gasteiger partial charge is 0.416 e. The van der Waals surface area contributed by atoms with Crippen LogP contribution in [0.3, 0.4) is 0 Å². The molecule has 0 fully saturated rings. The van der Waals surface area contributed by atoms with Crippen molar-refractivity contribution in [2.24, 2.45) is 7.05 Å². The lowest BCUT2D eigenvalue weighted by atomic mass is 10.1. The molecule has 5 nitrogen and oxygen atoms in total. The number of likely N-dealkylation sites (N-methyl/N-ethyl adjacent to an activating group) is 1. The molecule has 1 aromatic heterocycles. The number of hydrogen-bond acceptors (Lipinski definition) is 3. The molecule has 9 heteroatoms. The molecule has 1 atom stereocenters. The van der Waals surface area contributed by atoms with Gasteiger partial charge in [0.1, 0.15) is 6.04 Å². The Labute approximate surface area is 143 Å². The SMILES string of the molecule is CNC(C(=O)NCc1cccc(C(F)(F)F)c1)c1cnn(C)c1.Cl. The van der Waals surface area contributed by atoms with E-state index >= 15 is 0 Å². The standard InChI is InChI=1S/C15H17F3N4O.ClH/c1-19-13(11-8-21-22(2)9-11)14(23)20-7-10-4-3-5-12(6-10)15(16,17)18;/h3-6,8-9,13,19H,7H2,1-2H3,(H,20,23);1H. The van der Waals surface area contributed by atoms with Gasteiger partial charge in [0.25, 0.3) is 0 Å². The Bertz CT molecular complexity index is 687. The van der Waals surface area contributed by atoms with Gasteiger partial charge in [-0.3, -0.25) is 9.48 Å². The molecule has 0 bridgehead atoms. The summed E-state index contributed by atoms with van der Waals surface area (Å²) in [6.45, 7) is 0.0151. The van der Waals surface area contributed by atoms with E-state index in [9.17, 15) is 18.0 Å². The predicted octanol–water partition coefficient (Wildman–Crippen LogP) is 2.44. The number of aromatic nitrogens is 2. The predicted molar refractivity (Wildman–Crippen MR) is 85.5 cm³/mol. The smallest absolute Gasteiger partial charge is 0.350 e.